The van der Waals surface area contributed by atoms with E-state index in [9.17, 15) is 24.6 Å². The van der Waals surface area contributed by atoms with Crippen molar-refractivity contribution in [2.75, 3.05) is 14.2 Å². The second-order valence-corrected chi connectivity index (χ2v) is 8.13. The Hall–Kier alpha value is -3.59. The number of benzene rings is 2. The Morgan fingerprint density at radius 3 is 2.06 bits per heavy atom. The predicted octanol–water partition coefficient (Wildman–Crippen LogP) is 2.63. The van der Waals surface area contributed by atoms with Crippen LogP contribution >= 0.6 is 0 Å². The summed E-state index contributed by atoms with van der Waals surface area (Å²) in [6.45, 7) is 0. The van der Waals surface area contributed by atoms with Gasteiger partial charge in [0.15, 0.2) is 0 Å². The van der Waals surface area contributed by atoms with Gasteiger partial charge in [0, 0.05) is 12.8 Å². The largest absolute Gasteiger partial charge is 0.497 e. The average Bonchev–Trinajstić information content (AvgIpc) is 2.83. The quantitative estimate of drug-likeness (QED) is 0.529. The molecule has 1 aliphatic carbocycles. The smallest absolute Gasteiger partial charge is 0.345 e. The lowest BCUT2D eigenvalue weighted by Gasteiger charge is -2.31. The number of hydrogen-bond acceptors (Lipinski definition) is 8. The Morgan fingerprint density at radius 1 is 0.912 bits per heavy atom. The maximum absolute atomic E-state index is 12.7. The van der Waals surface area contributed by atoms with Crippen LogP contribution in [0.3, 0.4) is 0 Å². The fourth-order valence-corrected chi connectivity index (χ4v) is 3.86. The number of aliphatic hydroxyl groups excluding tert-OH is 1. The number of esters is 2. The lowest BCUT2D eigenvalue weighted by atomic mass is 9.85. The highest BCUT2D eigenvalue weighted by molar-refractivity contribution is 5.89. The highest BCUT2D eigenvalue weighted by Gasteiger charge is 2.37. The molecular formula is C25H28O9. The van der Waals surface area contributed by atoms with Gasteiger partial charge in [0.1, 0.15) is 17.6 Å². The summed E-state index contributed by atoms with van der Waals surface area (Å²) in [5, 5.41) is 19.8. The molecule has 0 saturated heterocycles. The number of ether oxygens (including phenoxy) is 4. The first kappa shape index (κ1) is 25.0. The van der Waals surface area contributed by atoms with Crippen LogP contribution < -0.4 is 9.47 Å². The van der Waals surface area contributed by atoms with Gasteiger partial charge >= 0.3 is 17.9 Å². The van der Waals surface area contributed by atoms with E-state index in [0.717, 1.165) is 0 Å². The van der Waals surface area contributed by atoms with Crippen LogP contribution in [0.25, 0.3) is 0 Å². The van der Waals surface area contributed by atoms with Crippen molar-refractivity contribution in [3.05, 3.63) is 59.7 Å². The Bertz CT molecular complexity index is 984. The third-order valence-corrected chi connectivity index (χ3v) is 5.69. The standard InChI is InChI=1S/C25H28O9/c1-31-19-7-3-15(4-8-19)11-22(23(27)28)34-25(30)17-12-18(26)14-21(13-17)33-24(29)16-5-9-20(32-2)10-6-16/h3-10,17-18,21-22,26H,11-14H2,1-2H3,(H,27,28). The number of carboxylic acids is 1. The van der Waals surface area contributed by atoms with E-state index in [1.165, 1.54) is 14.2 Å². The molecule has 1 fully saturated rings. The number of carboxylic acid groups (broad SMARTS) is 1. The van der Waals surface area contributed by atoms with Gasteiger partial charge in [0.25, 0.3) is 0 Å². The molecule has 2 N–H and O–H groups in total. The summed E-state index contributed by atoms with van der Waals surface area (Å²) in [5.74, 6) is -2.19. The van der Waals surface area contributed by atoms with E-state index in [2.05, 4.69) is 0 Å². The van der Waals surface area contributed by atoms with Crippen molar-refractivity contribution in [2.45, 2.75) is 44.0 Å². The lowest BCUT2D eigenvalue weighted by molar-refractivity contribution is -0.169. The number of methoxy groups -OCH3 is 2. The number of aliphatic carboxylic acids is 1. The molecule has 1 aliphatic rings. The van der Waals surface area contributed by atoms with Crippen LogP contribution in [-0.2, 0) is 25.5 Å². The monoisotopic (exact) mass is 472 g/mol. The van der Waals surface area contributed by atoms with E-state index < -0.39 is 42.1 Å². The van der Waals surface area contributed by atoms with Gasteiger partial charge in [-0.05, 0) is 54.8 Å². The summed E-state index contributed by atoms with van der Waals surface area (Å²) >= 11 is 0. The van der Waals surface area contributed by atoms with E-state index >= 15 is 0 Å². The molecule has 3 rings (SSSR count). The van der Waals surface area contributed by atoms with Crippen molar-refractivity contribution >= 4 is 17.9 Å². The number of carbonyl (C=O) groups excluding carboxylic acids is 2. The predicted molar refractivity (Wildman–Crippen MR) is 120 cm³/mol. The van der Waals surface area contributed by atoms with E-state index in [-0.39, 0.29) is 25.7 Å². The summed E-state index contributed by atoms with van der Waals surface area (Å²) < 4.78 is 20.9. The first-order valence-corrected chi connectivity index (χ1v) is 10.9. The minimum Gasteiger partial charge on any atom is -0.497 e. The molecule has 0 aliphatic heterocycles. The van der Waals surface area contributed by atoms with E-state index in [4.69, 9.17) is 18.9 Å². The van der Waals surface area contributed by atoms with Gasteiger partial charge in [-0.2, -0.15) is 0 Å². The highest BCUT2D eigenvalue weighted by Crippen LogP contribution is 2.29. The maximum atomic E-state index is 12.7. The summed E-state index contributed by atoms with van der Waals surface area (Å²) in [7, 11) is 3.04. The molecule has 0 bridgehead atoms. The van der Waals surface area contributed by atoms with Gasteiger partial charge in [-0.1, -0.05) is 12.1 Å². The molecule has 0 heterocycles. The zero-order chi connectivity index (χ0) is 24.7. The molecule has 0 amide bonds. The Labute approximate surface area is 197 Å². The minimum absolute atomic E-state index is 0.0176. The van der Waals surface area contributed by atoms with Crippen molar-refractivity contribution in [1.82, 2.24) is 0 Å². The number of aliphatic hydroxyl groups is 1. The lowest BCUT2D eigenvalue weighted by Crippen LogP contribution is -2.39. The fourth-order valence-electron chi connectivity index (χ4n) is 3.86. The molecule has 4 atom stereocenters. The Morgan fingerprint density at radius 2 is 1.50 bits per heavy atom. The highest BCUT2D eigenvalue weighted by atomic mass is 16.6. The van der Waals surface area contributed by atoms with Crippen LogP contribution in [-0.4, -0.2) is 60.7 Å². The summed E-state index contributed by atoms with van der Waals surface area (Å²) in [4.78, 5) is 36.9. The third kappa shape index (κ3) is 6.71. The second kappa shape index (κ2) is 11.5. The van der Waals surface area contributed by atoms with Crippen molar-refractivity contribution in [2.24, 2.45) is 5.92 Å². The maximum Gasteiger partial charge on any atom is 0.345 e. The van der Waals surface area contributed by atoms with E-state index in [1.54, 1.807) is 48.5 Å². The molecule has 2 aromatic rings. The molecule has 182 valence electrons. The molecule has 0 aromatic heterocycles. The molecular weight excluding hydrogens is 444 g/mol. The van der Waals surface area contributed by atoms with Crippen LogP contribution in [0, 0.1) is 5.92 Å². The van der Waals surface area contributed by atoms with Crippen LogP contribution in [0.15, 0.2) is 48.5 Å². The zero-order valence-corrected chi connectivity index (χ0v) is 19.0. The Kier molecular flexibility index (Phi) is 8.48. The van der Waals surface area contributed by atoms with E-state index in [0.29, 0.717) is 22.6 Å². The van der Waals surface area contributed by atoms with Crippen molar-refractivity contribution in [1.29, 1.82) is 0 Å². The average molecular weight is 472 g/mol. The van der Waals surface area contributed by atoms with Crippen LogP contribution in [0.4, 0.5) is 0 Å². The summed E-state index contributed by atoms with van der Waals surface area (Å²) in [6.07, 6.45) is -2.58. The fraction of sp³-hybridized carbons (Fsp3) is 0.400. The summed E-state index contributed by atoms with van der Waals surface area (Å²) in [5.41, 5.74) is 0.974. The van der Waals surface area contributed by atoms with Gasteiger partial charge < -0.3 is 29.2 Å². The molecule has 0 radical (unpaired) electrons. The van der Waals surface area contributed by atoms with Gasteiger partial charge in [-0.3, -0.25) is 4.79 Å². The van der Waals surface area contributed by atoms with Crippen LogP contribution in [0.1, 0.15) is 35.2 Å². The molecule has 34 heavy (non-hydrogen) atoms. The van der Waals surface area contributed by atoms with Gasteiger partial charge in [-0.15, -0.1) is 0 Å². The zero-order valence-electron chi connectivity index (χ0n) is 19.0. The Balaban J connectivity index is 1.60. The molecule has 9 heteroatoms. The molecule has 4 unspecified atom stereocenters. The van der Waals surface area contributed by atoms with Gasteiger partial charge in [0.2, 0.25) is 6.10 Å². The number of hydrogen-bond donors (Lipinski definition) is 2. The topological polar surface area (TPSA) is 129 Å². The first-order valence-electron chi connectivity index (χ1n) is 10.9. The number of carbonyl (C=O) groups is 3. The number of rotatable bonds is 9. The third-order valence-electron chi connectivity index (χ3n) is 5.69. The van der Waals surface area contributed by atoms with Crippen LogP contribution in [0.5, 0.6) is 11.5 Å². The minimum atomic E-state index is -1.39. The van der Waals surface area contributed by atoms with E-state index in [1.807, 2.05) is 0 Å². The van der Waals surface area contributed by atoms with Crippen molar-refractivity contribution in [3.8, 4) is 11.5 Å². The van der Waals surface area contributed by atoms with Gasteiger partial charge in [0.05, 0.1) is 31.8 Å². The second-order valence-electron chi connectivity index (χ2n) is 8.13. The van der Waals surface area contributed by atoms with Crippen molar-refractivity contribution in [3.63, 3.8) is 0 Å². The van der Waals surface area contributed by atoms with Crippen LogP contribution in [0.2, 0.25) is 0 Å². The molecule has 9 nitrogen and oxygen atoms in total. The normalized spacial score (nSPS) is 20.6. The van der Waals surface area contributed by atoms with Gasteiger partial charge in [-0.25, -0.2) is 9.59 Å². The first-order chi connectivity index (χ1) is 16.3. The molecule has 1 saturated carbocycles. The van der Waals surface area contributed by atoms with Crippen molar-refractivity contribution < 1.29 is 43.5 Å². The molecule has 2 aromatic carbocycles. The molecule has 0 spiro atoms. The SMILES string of the molecule is COc1ccc(CC(OC(=O)C2CC(O)CC(OC(=O)c3ccc(OC)cc3)C2)C(=O)O)cc1. The summed E-state index contributed by atoms with van der Waals surface area (Å²) in [6, 6.07) is 13.1.